The van der Waals surface area contributed by atoms with E-state index in [2.05, 4.69) is 65.1 Å². The summed E-state index contributed by atoms with van der Waals surface area (Å²) in [5.41, 5.74) is 1.28. The summed E-state index contributed by atoms with van der Waals surface area (Å²) in [6, 6.07) is 4.08. The smallest absolute Gasteiger partial charge is 0.133 e. The second-order valence-corrected chi connectivity index (χ2v) is 7.04. The number of thiophene rings is 1. The normalized spacial score (nSPS) is 10.7. The number of aromatic nitrogens is 2. The largest absolute Gasteiger partial charge is 0.355 e. The standard InChI is InChI=1S/C12H13Br2N3S/c1-3-11-15-9(13)5-12(16-11)17(2)6-8-4-10(14)18-7-8/h4-5,7H,3,6H2,1-2H3. The maximum Gasteiger partial charge on any atom is 0.133 e. The van der Waals surface area contributed by atoms with Crippen LogP contribution in [0, 0.1) is 0 Å². The molecule has 2 aromatic rings. The molecule has 6 heteroatoms. The van der Waals surface area contributed by atoms with Crippen LogP contribution in [0.4, 0.5) is 5.82 Å². The molecule has 0 aliphatic heterocycles. The summed E-state index contributed by atoms with van der Waals surface area (Å²) in [7, 11) is 2.04. The van der Waals surface area contributed by atoms with E-state index in [1.807, 2.05) is 13.1 Å². The van der Waals surface area contributed by atoms with Gasteiger partial charge in [-0.05, 0) is 48.9 Å². The third-order valence-electron chi connectivity index (χ3n) is 2.48. The molecule has 96 valence electrons. The summed E-state index contributed by atoms with van der Waals surface area (Å²) in [6.45, 7) is 2.90. The fraction of sp³-hybridized carbons (Fsp3) is 0.333. The Labute approximate surface area is 128 Å². The van der Waals surface area contributed by atoms with E-state index in [1.165, 1.54) is 5.56 Å². The van der Waals surface area contributed by atoms with Crippen molar-refractivity contribution in [1.82, 2.24) is 9.97 Å². The molecule has 3 nitrogen and oxygen atoms in total. The first-order chi connectivity index (χ1) is 8.58. The molecule has 0 atom stereocenters. The first-order valence-corrected chi connectivity index (χ1v) is 8.02. The van der Waals surface area contributed by atoms with Crippen LogP contribution in [0.1, 0.15) is 18.3 Å². The van der Waals surface area contributed by atoms with Crippen molar-refractivity contribution in [3.05, 3.63) is 37.3 Å². The minimum atomic E-state index is 0.836. The maximum atomic E-state index is 4.53. The van der Waals surface area contributed by atoms with Crippen molar-refractivity contribution in [2.45, 2.75) is 19.9 Å². The molecule has 0 spiro atoms. The topological polar surface area (TPSA) is 29.0 Å². The minimum absolute atomic E-state index is 0.836. The molecular weight excluding hydrogens is 378 g/mol. The number of halogens is 2. The molecule has 0 aliphatic carbocycles. The van der Waals surface area contributed by atoms with Crippen molar-refractivity contribution >= 4 is 49.0 Å². The Morgan fingerprint density at radius 1 is 1.28 bits per heavy atom. The molecule has 2 rings (SSSR count). The van der Waals surface area contributed by atoms with Gasteiger partial charge >= 0.3 is 0 Å². The van der Waals surface area contributed by atoms with E-state index in [0.29, 0.717) is 0 Å². The molecule has 0 unspecified atom stereocenters. The highest BCUT2D eigenvalue weighted by Crippen LogP contribution is 2.23. The lowest BCUT2D eigenvalue weighted by molar-refractivity contribution is 0.855. The second kappa shape index (κ2) is 6.12. The summed E-state index contributed by atoms with van der Waals surface area (Å²) in [5.74, 6) is 1.80. The molecule has 0 saturated carbocycles. The lowest BCUT2D eigenvalue weighted by atomic mass is 10.3. The number of aryl methyl sites for hydroxylation is 1. The first kappa shape index (κ1) is 14.0. The van der Waals surface area contributed by atoms with Crippen LogP contribution < -0.4 is 4.90 Å². The van der Waals surface area contributed by atoms with Crippen molar-refractivity contribution < 1.29 is 0 Å². The van der Waals surface area contributed by atoms with E-state index in [-0.39, 0.29) is 0 Å². The summed E-state index contributed by atoms with van der Waals surface area (Å²) in [6.07, 6.45) is 0.838. The predicted molar refractivity (Wildman–Crippen MR) is 83.2 cm³/mol. The number of nitrogens with zero attached hydrogens (tertiary/aromatic N) is 3. The summed E-state index contributed by atoms with van der Waals surface area (Å²) >= 11 is 8.61. The van der Waals surface area contributed by atoms with E-state index in [1.54, 1.807) is 11.3 Å². The van der Waals surface area contributed by atoms with Gasteiger partial charge in [-0.1, -0.05) is 6.92 Å². The lowest BCUT2D eigenvalue weighted by Crippen LogP contribution is -2.18. The molecule has 0 aromatic carbocycles. The minimum Gasteiger partial charge on any atom is -0.355 e. The van der Waals surface area contributed by atoms with Gasteiger partial charge in [0.15, 0.2) is 0 Å². The van der Waals surface area contributed by atoms with E-state index in [9.17, 15) is 0 Å². The molecule has 0 bridgehead atoms. The molecule has 0 fully saturated rings. The molecule has 18 heavy (non-hydrogen) atoms. The van der Waals surface area contributed by atoms with Gasteiger partial charge in [0.1, 0.15) is 16.2 Å². The Morgan fingerprint density at radius 2 is 2.06 bits per heavy atom. The molecule has 2 heterocycles. The first-order valence-electron chi connectivity index (χ1n) is 5.56. The highest BCUT2D eigenvalue weighted by Gasteiger charge is 2.08. The van der Waals surface area contributed by atoms with Crippen LogP contribution in [-0.2, 0) is 13.0 Å². The monoisotopic (exact) mass is 389 g/mol. The zero-order valence-electron chi connectivity index (χ0n) is 10.2. The van der Waals surface area contributed by atoms with Crippen molar-refractivity contribution in [2.75, 3.05) is 11.9 Å². The summed E-state index contributed by atoms with van der Waals surface area (Å²) in [5, 5.41) is 2.15. The molecule has 0 amide bonds. The highest BCUT2D eigenvalue weighted by molar-refractivity contribution is 9.11. The SMILES string of the molecule is CCc1nc(Br)cc(N(C)Cc2csc(Br)c2)n1. The highest BCUT2D eigenvalue weighted by atomic mass is 79.9. The Kier molecular flexibility index (Phi) is 4.75. The number of hydrogen-bond donors (Lipinski definition) is 0. The van der Waals surface area contributed by atoms with Gasteiger partial charge in [0.05, 0.1) is 3.79 Å². The van der Waals surface area contributed by atoms with Gasteiger partial charge in [0.2, 0.25) is 0 Å². The third kappa shape index (κ3) is 3.52. The Morgan fingerprint density at radius 3 is 2.67 bits per heavy atom. The van der Waals surface area contributed by atoms with Crippen molar-refractivity contribution in [2.24, 2.45) is 0 Å². The van der Waals surface area contributed by atoms with Crippen molar-refractivity contribution in [1.29, 1.82) is 0 Å². The molecule has 2 aromatic heterocycles. The molecule has 0 aliphatic rings. The van der Waals surface area contributed by atoms with E-state index < -0.39 is 0 Å². The van der Waals surface area contributed by atoms with Crippen LogP contribution in [-0.4, -0.2) is 17.0 Å². The third-order valence-corrected chi connectivity index (χ3v) is 4.44. The lowest BCUT2D eigenvalue weighted by Gasteiger charge is -2.18. The average molecular weight is 391 g/mol. The fourth-order valence-corrected chi connectivity index (χ4v) is 3.20. The van der Waals surface area contributed by atoms with Crippen LogP contribution in [0.25, 0.3) is 0 Å². The number of anilines is 1. The van der Waals surface area contributed by atoms with Crippen molar-refractivity contribution in [3.8, 4) is 0 Å². The van der Waals surface area contributed by atoms with Crippen LogP contribution in [0.2, 0.25) is 0 Å². The van der Waals surface area contributed by atoms with Gasteiger partial charge in [-0.25, -0.2) is 9.97 Å². The Balaban J connectivity index is 2.17. The van der Waals surface area contributed by atoms with Gasteiger partial charge < -0.3 is 4.90 Å². The van der Waals surface area contributed by atoms with Crippen LogP contribution in [0.3, 0.4) is 0 Å². The zero-order valence-corrected chi connectivity index (χ0v) is 14.1. The van der Waals surface area contributed by atoms with E-state index in [0.717, 1.165) is 33.0 Å². The fourth-order valence-electron chi connectivity index (χ4n) is 1.59. The molecule has 0 saturated heterocycles. The summed E-state index contributed by atoms with van der Waals surface area (Å²) < 4.78 is 1.99. The predicted octanol–water partition coefficient (Wildman–Crippen LogP) is 4.26. The van der Waals surface area contributed by atoms with Crippen LogP contribution in [0.5, 0.6) is 0 Å². The van der Waals surface area contributed by atoms with Crippen molar-refractivity contribution in [3.63, 3.8) is 0 Å². The quantitative estimate of drug-likeness (QED) is 0.730. The molecule has 0 N–H and O–H groups in total. The van der Waals surface area contributed by atoms with Gasteiger partial charge in [0.25, 0.3) is 0 Å². The second-order valence-electron chi connectivity index (χ2n) is 3.93. The van der Waals surface area contributed by atoms with Gasteiger partial charge in [-0.3, -0.25) is 0 Å². The van der Waals surface area contributed by atoms with Crippen LogP contribution >= 0.6 is 43.2 Å². The number of hydrogen-bond acceptors (Lipinski definition) is 4. The van der Waals surface area contributed by atoms with Gasteiger partial charge in [-0.2, -0.15) is 0 Å². The number of rotatable bonds is 4. The van der Waals surface area contributed by atoms with E-state index >= 15 is 0 Å². The van der Waals surface area contributed by atoms with Crippen LogP contribution in [0.15, 0.2) is 25.9 Å². The van der Waals surface area contributed by atoms with Gasteiger partial charge in [-0.15, -0.1) is 11.3 Å². The molecule has 0 radical (unpaired) electrons. The Hall–Kier alpha value is -0.460. The van der Waals surface area contributed by atoms with E-state index in [4.69, 9.17) is 0 Å². The average Bonchev–Trinajstić information content (AvgIpc) is 2.73. The maximum absolute atomic E-state index is 4.53. The summed E-state index contributed by atoms with van der Waals surface area (Å²) in [4.78, 5) is 11.0. The zero-order chi connectivity index (χ0) is 13.1. The Bertz CT molecular complexity index is 542. The van der Waals surface area contributed by atoms with Gasteiger partial charge in [0, 0.05) is 26.1 Å². The molecular formula is C12H13Br2N3S.